The van der Waals surface area contributed by atoms with Crippen LogP contribution in [0.3, 0.4) is 0 Å². The number of anilines is 2. The SMILES string of the molecule is Cc1ccc(NC(=O)CCN(c2cccc3cccnc23)S(C)(=O)=O)c(C)c1. The number of nitrogens with zero attached hydrogens (tertiary/aromatic N) is 2. The lowest BCUT2D eigenvalue weighted by molar-refractivity contribution is -0.116. The molecule has 0 saturated heterocycles. The third-order valence-electron chi connectivity index (χ3n) is 4.48. The number of amides is 1. The van der Waals surface area contributed by atoms with Crippen LogP contribution >= 0.6 is 0 Å². The van der Waals surface area contributed by atoms with Crippen molar-refractivity contribution in [3.8, 4) is 0 Å². The van der Waals surface area contributed by atoms with Crippen molar-refractivity contribution in [3.63, 3.8) is 0 Å². The smallest absolute Gasteiger partial charge is 0.232 e. The molecule has 1 heterocycles. The number of nitrogens with one attached hydrogen (secondary N) is 1. The summed E-state index contributed by atoms with van der Waals surface area (Å²) >= 11 is 0. The number of fused-ring (bicyclic) bond motifs is 1. The second kappa shape index (κ2) is 7.98. The van der Waals surface area contributed by atoms with E-state index in [1.54, 1.807) is 24.4 Å². The minimum atomic E-state index is -3.58. The second-order valence-electron chi connectivity index (χ2n) is 6.80. The van der Waals surface area contributed by atoms with Crippen LogP contribution in [0.15, 0.2) is 54.7 Å². The van der Waals surface area contributed by atoms with Gasteiger partial charge in [0.15, 0.2) is 0 Å². The average molecular weight is 398 g/mol. The number of sulfonamides is 1. The molecule has 1 amide bonds. The molecule has 0 aliphatic rings. The molecule has 0 unspecified atom stereocenters. The Hall–Kier alpha value is -2.93. The summed E-state index contributed by atoms with van der Waals surface area (Å²) in [5.41, 5.74) is 3.87. The Balaban J connectivity index is 1.81. The molecule has 3 aromatic rings. The van der Waals surface area contributed by atoms with E-state index < -0.39 is 10.0 Å². The topological polar surface area (TPSA) is 79.4 Å². The van der Waals surface area contributed by atoms with Gasteiger partial charge >= 0.3 is 0 Å². The van der Waals surface area contributed by atoms with Crippen molar-refractivity contribution < 1.29 is 13.2 Å². The molecule has 6 nitrogen and oxygen atoms in total. The van der Waals surface area contributed by atoms with E-state index in [1.165, 1.54) is 4.31 Å². The Labute approximate surface area is 165 Å². The number of aromatic nitrogens is 1. The number of benzene rings is 2. The maximum Gasteiger partial charge on any atom is 0.232 e. The molecular formula is C21H23N3O3S. The monoisotopic (exact) mass is 397 g/mol. The highest BCUT2D eigenvalue weighted by Gasteiger charge is 2.21. The van der Waals surface area contributed by atoms with E-state index in [0.29, 0.717) is 11.2 Å². The first-order valence-corrected chi connectivity index (χ1v) is 10.8. The Kier molecular flexibility index (Phi) is 5.65. The van der Waals surface area contributed by atoms with Crippen LogP contribution in [0.1, 0.15) is 17.5 Å². The normalized spacial score (nSPS) is 11.4. The molecule has 2 aromatic carbocycles. The van der Waals surface area contributed by atoms with Gasteiger partial charge in [0, 0.05) is 30.2 Å². The zero-order valence-corrected chi connectivity index (χ0v) is 17.0. The van der Waals surface area contributed by atoms with Gasteiger partial charge in [0.25, 0.3) is 0 Å². The maximum absolute atomic E-state index is 12.4. The van der Waals surface area contributed by atoms with Crippen LogP contribution in [0.25, 0.3) is 10.9 Å². The van der Waals surface area contributed by atoms with Crippen molar-refractivity contribution in [1.82, 2.24) is 4.98 Å². The number of para-hydroxylation sites is 1. The molecular weight excluding hydrogens is 374 g/mol. The predicted octanol–water partition coefficient (Wildman–Crippen LogP) is 3.65. The summed E-state index contributed by atoms with van der Waals surface area (Å²) in [6.07, 6.45) is 2.79. The molecule has 1 N–H and O–H groups in total. The van der Waals surface area contributed by atoms with E-state index >= 15 is 0 Å². The van der Waals surface area contributed by atoms with E-state index in [1.807, 2.05) is 44.2 Å². The zero-order valence-electron chi connectivity index (χ0n) is 16.1. The van der Waals surface area contributed by atoms with Gasteiger partial charge in [-0.25, -0.2) is 8.42 Å². The summed E-state index contributed by atoms with van der Waals surface area (Å²) in [5, 5.41) is 3.70. The first-order chi connectivity index (χ1) is 13.3. The van der Waals surface area contributed by atoms with Crippen molar-refractivity contribution in [2.45, 2.75) is 20.3 Å². The zero-order chi connectivity index (χ0) is 20.3. The predicted molar refractivity (Wildman–Crippen MR) is 113 cm³/mol. The fraction of sp³-hybridized carbons (Fsp3) is 0.238. The molecule has 0 atom stereocenters. The van der Waals surface area contributed by atoms with Crippen molar-refractivity contribution in [2.24, 2.45) is 0 Å². The van der Waals surface area contributed by atoms with E-state index in [0.717, 1.165) is 28.5 Å². The third-order valence-corrected chi connectivity index (χ3v) is 5.66. The number of hydrogen-bond acceptors (Lipinski definition) is 4. The summed E-state index contributed by atoms with van der Waals surface area (Å²) in [7, 11) is -3.58. The Morgan fingerprint density at radius 1 is 1.11 bits per heavy atom. The number of carbonyl (C=O) groups excluding carboxylic acids is 1. The molecule has 3 rings (SSSR count). The van der Waals surface area contributed by atoms with Gasteiger partial charge in [0.2, 0.25) is 15.9 Å². The average Bonchev–Trinajstić information content (AvgIpc) is 2.63. The van der Waals surface area contributed by atoms with Crippen molar-refractivity contribution in [1.29, 1.82) is 0 Å². The molecule has 1 aromatic heterocycles. The number of aryl methyl sites for hydroxylation is 2. The van der Waals surface area contributed by atoms with E-state index in [2.05, 4.69) is 10.3 Å². The molecule has 0 fully saturated rings. The van der Waals surface area contributed by atoms with Gasteiger partial charge in [-0.3, -0.25) is 14.1 Å². The van der Waals surface area contributed by atoms with Crippen LogP contribution in [0.4, 0.5) is 11.4 Å². The lowest BCUT2D eigenvalue weighted by Gasteiger charge is -2.23. The van der Waals surface area contributed by atoms with Gasteiger partial charge in [0.1, 0.15) is 0 Å². The number of hydrogen-bond donors (Lipinski definition) is 1. The highest BCUT2D eigenvalue weighted by atomic mass is 32.2. The molecule has 28 heavy (non-hydrogen) atoms. The summed E-state index contributed by atoms with van der Waals surface area (Å²) in [4.78, 5) is 16.8. The molecule has 0 aliphatic carbocycles. The Morgan fingerprint density at radius 2 is 1.86 bits per heavy atom. The molecule has 7 heteroatoms. The highest BCUT2D eigenvalue weighted by Crippen LogP contribution is 2.27. The standard InChI is InChI=1S/C21H23N3O3S/c1-15-9-10-18(16(2)14-15)23-20(25)11-13-24(28(3,26)27)19-8-4-6-17-7-5-12-22-21(17)19/h4-10,12,14H,11,13H2,1-3H3,(H,23,25). The van der Waals surface area contributed by atoms with Gasteiger partial charge < -0.3 is 5.32 Å². The van der Waals surface area contributed by atoms with Crippen LogP contribution < -0.4 is 9.62 Å². The molecule has 0 radical (unpaired) electrons. The molecule has 0 bridgehead atoms. The maximum atomic E-state index is 12.4. The lowest BCUT2D eigenvalue weighted by atomic mass is 10.1. The minimum absolute atomic E-state index is 0.0314. The second-order valence-corrected chi connectivity index (χ2v) is 8.71. The highest BCUT2D eigenvalue weighted by molar-refractivity contribution is 7.92. The minimum Gasteiger partial charge on any atom is -0.326 e. The lowest BCUT2D eigenvalue weighted by Crippen LogP contribution is -2.33. The molecule has 0 spiro atoms. The third kappa shape index (κ3) is 4.48. The van der Waals surface area contributed by atoms with E-state index in [4.69, 9.17) is 0 Å². The summed E-state index contributed by atoms with van der Waals surface area (Å²) in [6.45, 7) is 3.94. The van der Waals surface area contributed by atoms with Gasteiger partial charge in [-0.15, -0.1) is 0 Å². The van der Waals surface area contributed by atoms with Gasteiger partial charge in [-0.1, -0.05) is 35.9 Å². The quantitative estimate of drug-likeness (QED) is 0.689. The van der Waals surface area contributed by atoms with Crippen LogP contribution in [-0.2, 0) is 14.8 Å². The first kappa shape index (κ1) is 19.8. The Bertz CT molecular complexity index is 1120. The van der Waals surface area contributed by atoms with E-state index in [9.17, 15) is 13.2 Å². The number of rotatable bonds is 6. The fourth-order valence-corrected chi connectivity index (χ4v) is 4.05. The van der Waals surface area contributed by atoms with Crippen molar-refractivity contribution >= 4 is 38.2 Å². The number of pyridine rings is 1. The fourth-order valence-electron chi connectivity index (χ4n) is 3.12. The van der Waals surface area contributed by atoms with Crippen molar-refractivity contribution in [3.05, 3.63) is 65.9 Å². The van der Waals surface area contributed by atoms with Crippen LogP contribution in [0, 0.1) is 13.8 Å². The van der Waals surface area contributed by atoms with E-state index in [-0.39, 0.29) is 18.9 Å². The summed E-state index contributed by atoms with van der Waals surface area (Å²) < 4.78 is 26.0. The van der Waals surface area contributed by atoms with Gasteiger partial charge in [0.05, 0.1) is 17.5 Å². The molecule has 0 aliphatic heterocycles. The number of carbonyl (C=O) groups is 1. The largest absolute Gasteiger partial charge is 0.326 e. The molecule has 146 valence electrons. The van der Waals surface area contributed by atoms with Crippen molar-refractivity contribution in [2.75, 3.05) is 22.4 Å². The van der Waals surface area contributed by atoms with Crippen LogP contribution in [-0.4, -0.2) is 32.1 Å². The molecule has 0 saturated carbocycles. The van der Waals surface area contributed by atoms with Gasteiger partial charge in [-0.2, -0.15) is 0 Å². The van der Waals surface area contributed by atoms with Gasteiger partial charge in [-0.05, 0) is 37.6 Å². The Morgan fingerprint density at radius 3 is 2.57 bits per heavy atom. The van der Waals surface area contributed by atoms with Crippen LogP contribution in [0.5, 0.6) is 0 Å². The van der Waals surface area contributed by atoms with Crippen LogP contribution in [0.2, 0.25) is 0 Å². The summed E-state index contributed by atoms with van der Waals surface area (Å²) in [6, 6.07) is 14.8. The first-order valence-electron chi connectivity index (χ1n) is 8.94. The summed E-state index contributed by atoms with van der Waals surface area (Å²) in [5.74, 6) is -0.242.